The molecule has 0 fully saturated rings. The maximum Gasteiger partial charge on any atom is 0.0994 e. The number of benzene rings is 1. The van der Waals surface area contributed by atoms with Gasteiger partial charge in [0.2, 0.25) is 0 Å². The highest BCUT2D eigenvalue weighted by atomic mass is 14.3. The van der Waals surface area contributed by atoms with Gasteiger partial charge < -0.3 is 0 Å². The van der Waals surface area contributed by atoms with Gasteiger partial charge in [0.05, 0.1) is 11.6 Å². The molecule has 1 aliphatic carbocycles. The Bertz CT molecular complexity index is 437. The van der Waals surface area contributed by atoms with Gasteiger partial charge in [0, 0.05) is 0 Å². The molecule has 0 saturated heterocycles. The zero-order valence-corrected chi connectivity index (χ0v) is 10.4. The fourth-order valence-corrected chi connectivity index (χ4v) is 2.79. The van der Waals surface area contributed by atoms with Crippen LogP contribution in [0.4, 0.5) is 0 Å². The Morgan fingerprint density at radius 1 is 1.38 bits per heavy atom. The van der Waals surface area contributed by atoms with Crippen molar-refractivity contribution in [2.75, 3.05) is 0 Å². The second-order valence-corrected chi connectivity index (χ2v) is 5.28. The van der Waals surface area contributed by atoms with Crippen molar-refractivity contribution in [1.29, 1.82) is 5.26 Å². The van der Waals surface area contributed by atoms with E-state index in [-0.39, 0.29) is 0 Å². The molecule has 1 aromatic rings. The zero-order chi connectivity index (χ0) is 11.7. The minimum absolute atomic E-state index is 0.454. The van der Waals surface area contributed by atoms with E-state index in [0.717, 1.165) is 17.9 Å². The van der Waals surface area contributed by atoms with E-state index in [0.29, 0.717) is 5.92 Å². The first-order chi connectivity index (χ1) is 7.63. The molecule has 1 atom stereocenters. The second-order valence-electron chi connectivity index (χ2n) is 5.28. The SMILES string of the molecule is CC1CCc2ccc(C#N)c(C(C)C)c2C1. The lowest BCUT2D eigenvalue weighted by Crippen LogP contribution is -2.15. The minimum Gasteiger partial charge on any atom is -0.192 e. The molecule has 1 heteroatoms. The van der Waals surface area contributed by atoms with E-state index in [1.54, 1.807) is 0 Å². The summed E-state index contributed by atoms with van der Waals surface area (Å²) in [5.41, 5.74) is 5.11. The van der Waals surface area contributed by atoms with E-state index in [1.165, 1.54) is 29.5 Å². The third-order valence-electron chi connectivity index (χ3n) is 3.61. The van der Waals surface area contributed by atoms with Gasteiger partial charge in [-0.05, 0) is 53.9 Å². The molecule has 0 amide bonds. The fraction of sp³-hybridized carbons (Fsp3) is 0.533. The molecule has 16 heavy (non-hydrogen) atoms. The first-order valence-corrected chi connectivity index (χ1v) is 6.18. The van der Waals surface area contributed by atoms with Crippen molar-refractivity contribution in [2.24, 2.45) is 5.92 Å². The van der Waals surface area contributed by atoms with Gasteiger partial charge in [-0.1, -0.05) is 26.8 Å². The third-order valence-corrected chi connectivity index (χ3v) is 3.61. The Kier molecular flexibility index (Phi) is 3.01. The summed E-state index contributed by atoms with van der Waals surface area (Å²) in [6, 6.07) is 6.50. The summed E-state index contributed by atoms with van der Waals surface area (Å²) in [5.74, 6) is 1.22. The highest BCUT2D eigenvalue weighted by Gasteiger charge is 2.21. The second kappa shape index (κ2) is 4.29. The molecule has 0 bridgehead atoms. The highest BCUT2D eigenvalue weighted by molar-refractivity contribution is 5.49. The summed E-state index contributed by atoms with van der Waals surface area (Å²) < 4.78 is 0. The number of nitriles is 1. The van der Waals surface area contributed by atoms with Crippen LogP contribution in [0.25, 0.3) is 0 Å². The molecule has 0 heterocycles. The van der Waals surface area contributed by atoms with Crippen LogP contribution in [0.1, 0.15) is 55.4 Å². The monoisotopic (exact) mass is 213 g/mol. The zero-order valence-electron chi connectivity index (χ0n) is 10.4. The lowest BCUT2D eigenvalue weighted by molar-refractivity contribution is 0.496. The molecule has 0 saturated carbocycles. The number of aryl methyl sites for hydroxylation is 1. The van der Waals surface area contributed by atoms with Crippen molar-refractivity contribution >= 4 is 0 Å². The van der Waals surface area contributed by atoms with Gasteiger partial charge in [-0.3, -0.25) is 0 Å². The summed E-state index contributed by atoms with van der Waals surface area (Å²) >= 11 is 0. The van der Waals surface area contributed by atoms with E-state index < -0.39 is 0 Å². The van der Waals surface area contributed by atoms with Crippen molar-refractivity contribution in [3.63, 3.8) is 0 Å². The minimum atomic E-state index is 0.454. The van der Waals surface area contributed by atoms with Gasteiger partial charge in [-0.15, -0.1) is 0 Å². The molecule has 1 nitrogen and oxygen atoms in total. The van der Waals surface area contributed by atoms with Crippen LogP contribution in [0.3, 0.4) is 0 Å². The fourth-order valence-electron chi connectivity index (χ4n) is 2.79. The quantitative estimate of drug-likeness (QED) is 0.696. The Labute approximate surface area is 98.1 Å². The van der Waals surface area contributed by atoms with E-state index in [4.69, 9.17) is 0 Å². The van der Waals surface area contributed by atoms with E-state index >= 15 is 0 Å². The lowest BCUT2D eigenvalue weighted by Gasteiger charge is -2.26. The molecule has 0 radical (unpaired) electrons. The van der Waals surface area contributed by atoms with Gasteiger partial charge in [0.25, 0.3) is 0 Å². The first-order valence-electron chi connectivity index (χ1n) is 6.18. The van der Waals surface area contributed by atoms with Crippen LogP contribution in [0.2, 0.25) is 0 Å². The molecule has 1 aliphatic rings. The average Bonchev–Trinajstić information content (AvgIpc) is 2.26. The third kappa shape index (κ3) is 1.85. The summed E-state index contributed by atoms with van der Waals surface area (Å²) in [7, 11) is 0. The first kappa shape index (κ1) is 11.2. The van der Waals surface area contributed by atoms with Crippen molar-refractivity contribution in [1.82, 2.24) is 0 Å². The Morgan fingerprint density at radius 3 is 2.75 bits per heavy atom. The van der Waals surface area contributed by atoms with Crippen molar-refractivity contribution in [3.8, 4) is 6.07 Å². The number of rotatable bonds is 1. The van der Waals surface area contributed by atoms with E-state index in [9.17, 15) is 5.26 Å². The van der Waals surface area contributed by atoms with Crippen LogP contribution < -0.4 is 0 Å². The molecule has 84 valence electrons. The molecule has 2 rings (SSSR count). The maximum absolute atomic E-state index is 9.18. The molecule has 0 aromatic heterocycles. The molecular formula is C15H19N. The van der Waals surface area contributed by atoms with Crippen molar-refractivity contribution < 1.29 is 0 Å². The van der Waals surface area contributed by atoms with Gasteiger partial charge in [-0.25, -0.2) is 0 Å². The number of hydrogen-bond donors (Lipinski definition) is 0. The Morgan fingerprint density at radius 2 is 2.12 bits per heavy atom. The van der Waals surface area contributed by atoms with Gasteiger partial charge in [0.1, 0.15) is 0 Å². The number of fused-ring (bicyclic) bond motifs is 1. The lowest BCUT2D eigenvalue weighted by atomic mass is 9.78. The van der Waals surface area contributed by atoms with Crippen LogP contribution in [0, 0.1) is 17.2 Å². The predicted molar refractivity (Wildman–Crippen MR) is 66.4 cm³/mol. The topological polar surface area (TPSA) is 23.8 Å². The molecular weight excluding hydrogens is 194 g/mol. The largest absolute Gasteiger partial charge is 0.192 e. The Balaban J connectivity index is 2.58. The summed E-state index contributed by atoms with van der Waals surface area (Å²) in [6.07, 6.45) is 3.62. The van der Waals surface area contributed by atoms with Crippen molar-refractivity contribution in [3.05, 3.63) is 34.4 Å². The normalized spacial score (nSPS) is 19.3. The van der Waals surface area contributed by atoms with Crippen LogP contribution in [-0.4, -0.2) is 0 Å². The van der Waals surface area contributed by atoms with Gasteiger partial charge in [0.15, 0.2) is 0 Å². The van der Waals surface area contributed by atoms with Crippen LogP contribution in [0.15, 0.2) is 12.1 Å². The summed E-state index contributed by atoms with van der Waals surface area (Å²) in [6.45, 7) is 6.69. The number of hydrogen-bond acceptors (Lipinski definition) is 1. The summed E-state index contributed by atoms with van der Waals surface area (Å²) in [5, 5.41) is 9.18. The maximum atomic E-state index is 9.18. The molecule has 0 spiro atoms. The number of nitrogens with zero attached hydrogens (tertiary/aromatic N) is 1. The average molecular weight is 213 g/mol. The van der Waals surface area contributed by atoms with Gasteiger partial charge >= 0.3 is 0 Å². The molecule has 0 N–H and O–H groups in total. The van der Waals surface area contributed by atoms with Crippen LogP contribution in [0.5, 0.6) is 0 Å². The van der Waals surface area contributed by atoms with Crippen LogP contribution in [-0.2, 0) is 12.8 Å². The Hall–Kier alpha value is -1.29. The van der Waals surface area contributed by atoms with E-state index in [2.05, 4.69) is 32.9 Å². The molecule has 1 unspecified atom stereocenters. The summed E-state index contributed by atoms with van der Waals surface area (Å²) in [4.78, 5) is 0. The van der Waals surface area contributed by atoms with Crippen LogP contribution >= 0.6 is 0 Å². The molecule has 1 aromatic carbocycles. The standard InChI is InChI=1S/C15H19N/c1-10(2)15-13(9-16)7-6-12-5-4-11(3)8-14(12)15/h6-7,10-11H,4-5,8H2,1-3H3. The predicted octanol–water partition coefficient (Wildman–Crippen LogP) is 3.81. The highest BCUT2D eigenvalue weighted by Crippen LogP contribution is 2.33. The smallest absolute Gasteiger partial charge is 0.0994 e. The van der Waals surface area contributed by atoms with E-state index in [1.807, 2.05) is 6.07 Å². The molecule has 0 aliphatic heterocycles. The van der Waals surface area contributed by atoms with Crippen molar-refractivity contribution in [2.45, 2.75) is 46.0 Å². The van der Waals surface area contributed by atoms with Gasteiger partial charge in [-0.2, -0.15) is 5.26 Å².